The first kappa shape index (κ1) is 20.4. The van der Waals surface area contributed by atoms with Crippen molar-refractivity contribution in [2.75, 3.05) is 20.8 Å². The van der Waals surface area contributed by atoms with Gasteiger partial charge in [-0.2, -0.15) is 8.42 Å². The molecule has 0 bridgehead atoms. The highest BCUT2D eigenvalue weighted by Crippen LogP contribution is 2.35. The van der Waals surface area contributed by atoms with Crippen LogP contribution in [0.4, 0.5) is 0 Å². The van der Waals surface area contributed by atoms with Crippen molar-refractivity contribution in [2.24, 2.45) is 4.40 Å². The smallest absolute Gasteiger partial charge is 0.294 e. The van der Waals surface area contributed by atoms with Crippen LogP contribution in [0, 0.1) is 0 Å². The van der Waals surface area contributed by atoms with Gasteiger partial charge in [-0.1, -0.05) is 12.1 Å². The number of thiophene rings is 1. The summed E-state index contributed by atoms with van der Waals surface area (Å²) in [6, 6.07) is 8.40. The average molecular weight is 439 g/mol. The summed E-state index contributed by atoms with van der Waals surface area (Å²) in [6.45, 7) is 2.08. The molecule has 148 valence electrons. The van der Waals surface area contributed by atoms with E-state index in [1.165, 1.54) is 18.1 Å². The lowest BCUT2D eigenvalue weighted by molar-refractivity contribution is -0.122. The van der Waals surface area contributed by atoms with E-state index < -0.39 is 10.0 Å². The second kappa shape index (κ2) is 8.38. The molecule has 0 N–H and O–H groups in total. The zero-order valence-corrected chi connectivity index (χ0v) is 17.9. The van der Waals surface area contributed by atoms with Crippen molar-refractivity contribution in [3.05, 3.63) is 46.2 Å². The van der Waals surface area contributed by atoms with Gasteiger partial charge in [0.05, 0.1) is 19.1 Å². The van der Waals surface area contributed by atoms with E-state index in [9.17, 15) is 13.2 Å². The van der Waals surface area contributed by atoms with Gasteiger partial charge < -0.3 is 9.47 Å². The van der Waals surface area contributed by atoms with Crippen molar-refractivity contribution in [2.45, 2.75) is 11.1 Å². The third kappa shape index (κ3) is 4.08. The van der Waals surface area contributed by atoms with Gasteiger partial charge in [-0.05, 0) is 53.9 Å². The second-order valence-electron chi connectivity index (χ2n) is 5.56. The number of ether oxygens (including phenoxy) is 2. The number of rotatable bonds is 6. The molecule has 28 heavy (non-hydrogen) atoms. The summed E-state index contributed by atoms with van der Waals surface area (Å²) in [7, 11) is -0.780. The van der Waals surface area contributed by atoms with E-state index in [-0.39, 0.29) is 15.3 Å². The van der Waals surface area contributed by atoms with Gasteiger partial charge in [-0.3, -0.25) is 9.69 Å². The van der Waals surface area contributed by atoms with Crippen molar-refractivity contribution < 1.29 is 22.7 Å². The SMILES string of the molecule is CCN1C(=O)/C(=C/c2ccc(OC)c(OC)c2)SC1=NS(=O)(=O)c1cccs1. The van der Waals surface area contributed by atoms with E-state index in [0.29, 0.717) is 22.9 Å². The fraction of sp³-hybridized carbons (Fsp3) is 0.222. The zero-order valence-electron chi connectivity index (χ0n) is 15.4. The topological polar surface area (TPSA) is 85.3 Å². The van der Waals surface area contributed by atoms with Gasteiger partial charge in [0.15, 0.2) is 16.7 Å². The van der Waals surface area contributed by atoms with Crippen LogP contribution in [0.15, 0.2) is 49.2 Å². The number of likely N-dealkylation sites (N-methyl/N-ethyl adjacent to an activating group) is 1. The molecule has 0 saturated carbocycles. The number of carbonyl (C=O) groups excluding carboxylic acids is 1. The van der Waals surface area contributed by atoms with Crippen LogP contribution >= 0.6 is 23.1 Å². The zero-order chi connectivity index (χ0) is 20.3. The minimum Gasteiger partial charge on any atom is -0.493 e. The van der Waals surface area contributed by atoms with Crippen LogP contribution in [0.3, 0.4) is 0 Å². The Morgan fingerprint density at radius 2 is 1.93 bits per heavy atom. The van der Waals surface area contributed by atoms with Gasteiger partial charge in [0.25, 0.3) is 15.9 Å². The minimum absolute atomic E-state index is 0.140. The number of sulfonamides is 1. The third-order valence-corrected chi connectivity index (χ3v) is 7.62. The number of hydrogen-bond donors (Lipinski definition) is 0. The third-order valence-electron chi connectivity index (χ3n) is 3.86. The lowest BCUT2D eigenvalue weighted by Gasteiger charge is -2.11. The molecule has 1 fully saturated rings. The number of methoxy groups -OCH3 is 2. The Labute approximate surface area is 171 Å². The first-order valence-electron chi connectivity index (χ1n) is 8.21. The van der Waals surface area contributed by atoms with E-state index in [1.807, 2.05) is 0 Å². The number of benzene rings is 1. The minimum atomic E-state index is -3.85. The lowest BCUT2D eigenvalue weighted by atomic mass is 10.2. The molecule has 1 aromatic heterocycles. The monoisotopic (exact) mass is 438 g/mol. The van der Waals surface area contributed by atoms with Crippen LogP contribution in [0.2, 0.25) is 0 Å². The fourth-order valence-corrected chi connectivity index (χ4v) is 5.72. The van der Waals surface area contributed by atoms with Crippen molar-refractivity contribution in [1.82, 2.24) is 4.90 Å². The van der Waals surface area contributed by atoms with E-state index in [2.05, 4.69) is 4.40 Å². The Morgan fingerprint density at radius 3 is 2.54 bits per heavy atom. The number of amides is 1. The van der Waals surface area contributed by atoms with Crippen molar-refractivity contribution in [1.29, 1.82) is 0 Å². The normalized spacial score (nSPS) is 17.5. The summed E-state index contributed by atoms with van der Waals surface area (Å²) in [6.07, 6.45) is 1.68. The van der Waals surface area contributed by atoms with Gasteiger partial charge >= 0.3 is 0 Å². The maximum Gasteiger partial charge on any atom is 0.294 e. The molecule has 1 aliphatic rings. The maximum absolute atomic E-state index is 12.7. The van der Waals surface area contributed by atoms with Crippen LogP contribution < -0.4 is 9.47 Å². The lowest BCUT2D eigenvalue weighted by Crippen LogP contribution is -2.29. The molecule has 2 aromatic rings. The largest absolute Gasteiger partial charge is 0.493 e. The van der Waals surface area contributed by atoms with E-state index in [0.717, 1.165) is 28.7 Å². The van der Waals surface area contributed by atoms with Gasteiger partial charge in [-0.25, -0.2) is 0 Å². The molecule has 1 aliphatic heterocycles. The Bertz CT molecular complexity index is 1040. The Kier molecular flexibility index (Phi) is 6.11. The Balaban J connectivity index is 1.96. The molecule has 1 amide bonds. The quantitative estimate of drug-likeness (QED) is 0.642. The summed E-state index contributed by atoms with van der Waals surface area (Å²) in [5, 5.41) is 1.81. The average Bonchev–Trinajstić information content (AvgIpc) is 3.31. The molecule has 0 spiro atoms. The van der Waals surface area contributed by atoms with Gasteiger partial charge in [0.1, 0.15) is 4.21 Å². The molecule has 1 saturated heterocycles. The summed E-state index contributed by atoms with van der Waals surface area (Å²) in [4.78, 5) is 14.4. The number of thioether (sulfide) groups is 1. The van der Waals surface area contributed by atoms with Gasteiger partial charge in [0.2, 0.25) is 0 Å². The Morgan fingerprint density at radius 1 is 1.18 bits per heavy atom. The maximum atomic E-state index is 12.7. The van der Waals surface area contributed by atoms with Gasteiger partial charge in [-0.15, -0.1) is 15.7 Å². The van der Waals surface area contributed by atoms with Crippen LogP contribution in [-0.4, -0.2) is 45.2 Å². The molecule has 10 heteroatoms. The highest BCUT2D eigenvalue weighted by molar-refractivity contribution is 8.19. The Hall–Kier alpha value is -2.30. The fourth-order valence-electron chi connectivity index (χ4n) is 2.51. The molecule has 3 rings (SSSR count). The summed E-state index contributed by atoms with van der Waals surface area (Å²) >= 11 is 2.12. The number of hydrogen-bond acceptors (Lipinski definition) is 7. The first-order chi connectivity index (χ1) is 13.4. The van der Waals surface area contributed by atoms with Crippen LogP contribution in [-0.2, 0) is 14.8 Å². The van der Waals surface area contributed by atoms with E-state index in [4.69, 9.17) is 9.47 Å². The summed E-state index contributed by atoms with van der Waals surface area (Å²) < 4.78 is 39.4. The van der Waals surface area contributed by atoms with Gasteiger partial charge in [0, 0.05) is 6.54 Å². The predicted molar refractivity (Wildman–Crippen MR) is 111 cm³/mol. The van der Waals surface area contributed by atoms with Crippen LogP contribution in [0.1, 0.15) is 12.5 Å². The van der Waals surface area contributed by atoms with Crippen molar-refractivity contribution in [3.8, 4) is 11.5 Å². The molecule has 1 aromatic carbocycles. The second-order valence-corrected chi connectivity index (χ2v) is 9.34. The van der Waals surface area contributed by atoms with Crippen LogP contribution in [0.25, 0.3) is 6.08 Å². The molecule has 2 heterocycles. The predicted octanol–water partition coefficient (Wildman–Crippen LogP) is 3.45. The molecule has 0 unspecified atom stereocenters. The molecule has 0 radical (unpaired) electrons. The van der Waals surface area contributed by atoms with E-state index >= 15 is 0 Å². The number of amidine groups is 1. The molecule has 0 atom stereocenters. The molecule has 0 aliphatic carbocycles. The first-order valence-corrected chi connectivity index (χ1v) is 11.3. The van der Waals surface area contributed by atoms with Crippen molar-refractivity contribution in [3.63, 3.8) is 0 Å². The molecular formula is C18H18N2O5S3. The molecular weight excluding hydrogens is 420 g/mol. The summed E-state index contributed by atoms with van der Waals surface area (Å²) in [5.41, 5.74) is 0.729. The highest BCUT2D eigenvalue weighted by atomic mass is 32.2. The number of nitrogens with zero attached hydrogens (tertiary/aromatic N) is 2. The van der Waals surface area contributed by atoms with E-state index in [1.54, 1.807) is 49.8 Å². The number of carbonyl (C=O) groups is 1. The van der Waals surface area contributed by atoms with Crippen molar-refractivity contribution >= 4 is 50.3 Å². The summed E-state index contributed by atoms with van der Waals surface area (Å²) in [5.74, 6) is 0.825. The standard InChI is InChI=1S/C18H18N2O5S3/c1-4-20-17(21)15(11-12-7-8-13(24-2)14(10-12)25-3)27-18(20)19-28(22,23)16-6-5-9-26-16/h5-11H,4H2,1-3H3/b15-11-,19-18?. The van der Waals surface area contributed by atoms with Crippen LogP contribution in [0.5, 0.6) is 11.5 Å². The highest BCUT2D eigenvalue weighted by Gasteiger charge is 2.34. The molecule has 7 nitrogen and oxygen atoms in total.